The number of aliphatic carboxylic acids is 1. The van der Waals surface area contributed by atoms with Gasteiger partial charge in [0.25, 0.3) is 5.91 Å². The second kappa shape index (κ2) is 8.89. The molecule has 0 aromatic rings. The van der Waals surface area contributed by atoms with Crippen LogP contribution in [0.3, 0.4) is 0 Å². The molecular weight excluding hydrogens is 270 g/mol. The number of ether oxygens (including phenoxy) is 2. The summed E-state index contributed by atoms with van der Waals surface area (Å²) in [5.74, 6) is -3.87. The first kappa shape index (κ1) is 17.9. The van der Waals surface area contributed by atoms with E-state index in [1.54, 1.807) is 6.92 Å². The van der Waals surface area contributed by atoms with Crippen molar-refractivity contribution in [3.63, 3.8) is 0 Å². The van der Waals surface area contributed by atoms with Gasteiger partial charge in [0, 0.05) is 6.92 Å². The molecule has 0 aliphatic carbocycles. The highest BCUT2D eigenvalue weighted by atomic mass is 16.5. The fourth-order valence-electron chi connectivity index (χ4n) is 1.43. The van der Waals surface area contributed by atoms with Crippen molar-refractivity contribution in [3.05, 3.63) is 0 Å². The zero-order valence-electron chi connectivity index (χ0n) is 11.7. The Kier molecular flexibility index (Phi) is 7.95. The number of carbonyl (C=O) groups is 4. The van der Waals surface area contributed by atoms with Gasteiger partial charge in [0.1, 0.15) is 6.04 Å². The first-order valence-electron chi connectivity index (χ1n) is 6.09. The summed E-state index contributed by atoms with van der Waals surface area (Å²) < 4.78 is 9.16. The molecule has 0 aliphatic rings. The van der Waals surface area contributed by atoms with Crippen LogP contribution in [0.4, 0.5) is 0 Å². The van der Waals surface area contributed by atoms with Gasteiger partial charge in [-0.15, -0.1) is 0 Å². The Balaban J connectivity index is 4.48. The van der Waals surface area contributed by atoms with Crippen LogP contribution in [-0.2, 0) is 28.7 Å². The van der Waals surface area contributed by atoms with Gasteiger partial charge >= 0.3 is 17.9 Å². The molecule has 0 rings (SSSR count). The van der Waals surface area contributed by atoms with Gasteiger partial charge < -0.3 is 19.9 Å². The second-order valence-electron chi connectivity index (χ2n) is 4.15. The standard InChI is InChI=1S/C12H19NO7/c1-4-19-10(16)5-7(2)11(12(17)18)13-9(15)6-20-8(3)14/h7,11H,4-6H2,1-3H3,(H,13,15)(H,17,18)/t7-,11-/m1/s1. The minimum absolute atomic E-state index is 0.140. The van der Waals surface area contributed by atoms with Crippen LogP contribution < -0.4 is 5.32 Å². The maximum Gasteiger partial charge on any atom is 0.326 e. The van der Waals surface area contributed by atoms with E-state index in [-0.39, 0.29) is 13.0 Å². The lowest BCUT2D eigenvalue weighted by atomic mass is 9.98. The molecule has 2 atom stereocenters. The van der Waals surface area contributed by atoms with Gasteiger partial charge in [-0.2, -0.15) is 0 Å². The lowest BCUT2D eigenvalue weighted by Crippen LogP contribution is -2.47. The van der Waals surface area contributed by atoms with Gasteiger partial charge in [-0.25, -0.2) is 4.79 Å². The molecule has 2 N–H and O–H groups in total. The monoisotopic (exact) mass is 289 g/mol. The van der Waals surface area contributed by atoms with E-state index in [0.29, 0.717) is 0 Å². The van der Waals surface area contributed by atoms with Gasteiger partial charge in [0.2, 0.25) is 0 Å². The maximum absolute atomic E-state index is 11.4. The molecule has 0 heterocycles. The smallest absolute Gasteiger partial charge is 0.326 e. The Morgan fingerprint density at radius 1 is 1.20 bits per heavy atom. The molecule has 0 saturated carbocycles. The number of rotatable bonds is 8. The zero-order chi connectivity index (χ0) is 15.7. The van der Waals surface area contributed by atoms with E-state index in [9.17, 15) is 19.2 Å². The van der Waals surface area contributed by atoms with E-state index >= 15 is 0 Å². The Bertz CT molecular complexity index is 380. The Morgan fingerprint density at radius 2 is 1.80 bits per heavy atom. The predicted molar refractivity (Wildman–Crippen MR) is 66.6 cm³/mol. The largest absolute Gasteiger partial charge is 0.480 e. The van der Waals surface area contributed by atoms with Gasteiger partial charge in [-0.1, -0.05) is 6.92 Å². The summed E-state index contributed by atoms with van der Waals surface area (Å²) in [6, 6.07) is -1.26. The molecule has 0 aliphatic heterocycles. The third-order valence-electron chi connectivity index (χ3n) is 2.35. The molecule has 0 saturated heterocycles. The van der Waals surface area contributed by atoms with Gasteiger partial charge in [-0.3, -0.25) is 14.4 Å². The number of hydrogen-bond donors (Lipinski definition) is 2. The van der Waals surface area contributed by atoms with Crippen molar-refractivity contribution in [2.24, 2.45) is 5.92 Å². The van der Waals surface area contributed by atoms with Crippen molar-refractivity contribution >= 4 is 23.8 Å². The molecule has 0 aromatic heterocycles. The van der Waals surface area contributed by atoms with Crippen LogP contribution >= 0.6 is 0 Å². The van der Waals surface area contributed by atoms with Crippen LogP contribution in [0, 0.1) is 5.92 Å². The molecule has 1 amide bonds. The van der Waals surface area contributed by atoms with Crippen LogP contribution in [0.15, 0.2) is 0 Å². The highest BCUT2D eigenvalue weighted by Crippen LogP contribution is 2.10. The average Bonchev–Trinajstić information content (AvgIpc) is 2.32. The van der Waals surface area contributed by atoms with E-state index in [4.69, 9.17) is 9.84 Å². The molecule has 0 fully saturated rings. The van der Waals surface area contributed by atoms with Crippen LogP contribution in [0.5, 0.6) is 0 Å². The fourth-order valence-corrected chi connectivity index (χ4v) is 1.43. The van der Waals surface area contributed by atoms with E-state index in [0.717, 1.165) is 6.92 Å². The lowest BCUT2D eigenvalue weighted by molar-refractivity contribution is -0.149. The highest BCUT2D eigenvalue weighted by molar-refractivity contribution is 5.86. The topological polar surface area (TPSA) is 119 Å². The van der Waals surface area contributed by atoms with Crippen molar-refractivity contribution in [2.75, 3.05) is 13.2 Å². The van der Waals surface area contributed by atoms with Gasteiger partial charge in [0.05, 0.1) is 13.0 Å². The molecule has 0 radical (unpaired) electrons. The molecule has 0 unspecified atom stereocenters. The molecule has 8 nitrogen and oxygen atoms in total. The molecule has 114 valence electrons. The van der Waals surface area contributed by atoms with Crippen LogP contribution in [-0.4, -0.2) is 48.2 Å². The third kappa shape index (κ3) is 7.34. The van der Waals surface area contributed by atoms with Crippen LogP contribution in [0.25, 0.3) is 0 Å². The summed E-state index contributed by atoms with van der Waals surface area (Å²) in [7, 11) is 0. The van der Waals surface area contributed by atoms with Crippen molar-refractivity contribution in [1.29, 1.82) is 0 Å². The van der Waals surface area contributed by atoms with Crippen molar-refractivity contribution < 1.29 is 33.8 Å². The number of amides is 1. The summed E-state index contributed by atoms with van der Waals surface area (Å²) in [6.07, 6.45) is -0.140. The van der Waals surface area contributed by atoms with Crippen molar-refractivity contribution in [1.82, 2.24) is 5.32 Å². The van der Waals surface area contributed by atoms with Crippen molar-refractivity contribution in [2.45, 2.75) is 33.2 Å². The second-order valence-corrected chi connectivity index (χ2v) is 4.15. The third-order valence-corrected chi connectivity index (χ3v) is 2.35. The summed E-state index contributed by atoms with van der Waals surface area (Å²) >= 11 is 0. The zero-order valence-corrected chi connectivity index (χ0v) is 11.7. The number of hydrogen-bond acceptors (Lipinski definition) is 6. The summed E-state index contributed by atoms with van der Waals surface area (Å²) in [4.78, 5) is 44.3. The molecule has 8 heteroatoms. The number of carbonyl (C=O) groups excluding carboxylic acids is 3. The minimum atomic E-state index is -1.28. The summed E-state index contributed by atoms with van der Waals surface area (Å²) in [5.41, 5.74) is 0. The molecular formula is C12H19NO7. The molecule has 20 heavy (non-hydrogen) atoms. The Hall–Kier alpha value is -2.12. The highest BCUT2D eigenvalue weighted by Gasteiger charge is 2.28. The summed E-state index contributed by atoms with van der Waals surface area (Å²) in [6.45, 7) is 3.90. The number of carboxylic acids is 1. The van der Waals surface area contributed by atoms with E-state index in [1.165, 1.54) is 6.92 Å². The molecule has 0 aromatic carbocycles. The van der Waals surface area contributed by atoms with Crippen LogP contribution in [0.2, 0.25) is 0 Å². The number of nitrogens with one attached hydrogen (secondary N) is 1. The Labute approximate surface area is 116 Å². The first-order valence-corrected chi connectivity index (χ1v) is 6.09. The van der Waals surface area contributed by atoms with E-state index in [2.05, 4.69) is 10.1 Å². The fraction of sp³-hybridized carbons (Fsp3) is 0.667. The number of esters is 2. The van der Waals surface area contributed by atoms with Crippen molar-refractivity contribution in [3.8, 4) is 0 Å². The van der Waals surface area contributed by atoms with E-state index in [1.807, 2.05) is 0 Å². The van der Waals surface area contributed by atoms with Gasteiger partial charge in [-0.05, 0) is 12.8 Å². The SMILES string of the molecule is CCOC(=O)C[C@@H](C)[C@@H](NC(=O)COC(C)=O)C(=O)O. The molecule has 0 bridgehead atoms. The average molecular weight is 289 g/mol. The first-order chi connectivity index (χ1) is 9.27. The van der Waals surface area contributed by atoms with Crippen LogP contribution in [0.1, 0.15) is 27.2 Å². The quantitative estimate of drug-likeness (QED) is 0.589. The minimum Gasteiger partial charge on any atom is -0.480 e. The number of carboxylic acid groups (broad SMARTS) is 1. The predicted octanol–water partition coefficient (Wildman–Crippen LogP) is -0.292. The normalized spacial score (nSPS) is 12.9. The summed E-state index contributed by atoms with van der Waals surface area (Å²) in [5, 5.41) is 11.2. The maximum atomic E-state index is 11.4. The molecule has 0 spiro atoms. The Morgan fingerprint density at radius 3 is 2.25 bits per heavy atom. The lowest BCUT2D eigenvalue weighted by Gasteiger charge is -2.20. The van der Waals surface area contributed by atoms with Gasteiger partial charge in [0.15, 0.2) is 6.61 Å². The van der Waals surface area contributed by atoms with E-state index < -0.39 is 42.4 Å².